The lowest BCUT2D eigenvalue weighted by atomic mass is 10.1. The van der Waals surface area contributed by atoms with E-state index < -0.39 is 6.04 Å². The van der Waals surface area contributed by atoms with E-state index in [-0.39, 0.29) is 31.0 Å². The number of halogens is 3. The molecule has 0 aliphatic rings. The number of benzene rings is 2. The van der Waals surface area contributed by atoms with Gasteiger partial charge in [-0.3, -0.25) is 9.59 Å². The second-order valence-corrected chi connectivity index (χ2v) is 8.12. The molecule has 2 amide bonds. The van der Waals surface area contributed by atoms with Crippen LogP contribution in [0.3, 0.4) is 0 Å². The molecule has 5 nitrogen and oxygen atoms in total. The number of carbonyl (C=O) groups excluding carboxylic acids is 2. The van der Waals surface area contributed by atoms with E-state index in [1.54, 1.807) is 49.4 Å². The standard InChI is InChI=1S/C21H23Cl3N2O3/c1-13(2)25-21(28)14(3)26(11-15-4-5-17(23)10-19(15)24)20(27)12-29-18-8-6-16(22)7-9-18/h4-10,13-14H,11-12H2,1-3H3,(H,25,28)/t14-/m0/s1. The van der Waals surface area contributed by atoms with Crippen molar-refractivity contribution < 1.29 is 14.3 Å². The Morgan fingerprint density at radius 1 is 1.00 bits per heavy atom. The van der Waals surface area contributed by atoms with Gasteiger partial charge in [0.1, 0.15) is 11.8 Å². The smallest absolute Gasteiger partial charge is 0.261 e. The second-order valence-electron chi connectivity index (χ2n) is 6.84. The summed E-state index contributed by atoms with van der Waals surface area (Å²) in [4.78, 5) is 26.9. The van der Waals surface area contributed by atoms with Gasteiger partial charge in [0.05, 0.1) is 0 Å². The van der Waals surface area contributed by atoms with E-state index >= 15 is 0 Å². The van der Waals surface area contributed by atoms with Crippen LogP contribution in [0.25, 0.3) is 0 Å². The Labute approximate surface area is 185 Å². The molecule has 156 valence electrons. The van der Waals surface area contributed by atoms with Crippen LogP contribution in [-0.2, 0) is 16.1 Å². The zero-order valence-corrected chi connectivity index (χ0v) is 18.7. The van der Waals surface area contributed by atoms with Crippen molar-refractivity contribution >= 4 is 46.6 Å². The van der Waals surface area contributed by atoms with Gasteiger partial charge in [-0.25, -0.2) is 0 Å². The third-order valence-corrected chi connectivity index (χ3v) is 4.97. The summed E-state index contributed by atoms with van der Waals surface area (Å²) < 4.78 is 5.57. The van der Waals surface area contributed by atoms with Crippen molar-refractivity contribution in [3.63, 3.8) is 0 Å². The van der Waals surface area contributed by atoms with Crippen molar-refractivity contribution in [1.29, 1.82) is 0 Å². The molecule has 1 N–H and O–H groups in total. The molecule has 0 unspecified atom stereocenters. The van der Waals surface area contributed by atoms with Gasteiger partial charge in [0.2, 0.25) is 5.91 Å². The maximum atomic E-state index is 12.9. The highest BCUT2D eigenvalue weighted by atomic mass is 35.5. The largest absolute Gasteiger partial charge is 0.484 e. The first-order valence-corrected chi connectivity index (χ1v) is 10.2. The van der Waals surface area contributed by atoms with E-state index in [2.05, 4.69) is 5.32 Å². The minimum Gasteiger partial charge on any atom is -0.484 e. The molecule has 0 saturated heterocycles. The Morgan fingerprint density at radius 3 is 2.21 bits per heavy atom. The Kier molecular flexibility index (Phi) is 8.62. The summed E-state index contributed by atoms with van der Waals surface area (Å²) in [7, 11) is 0. The number of nitrogens with zero attached hydrogens (tertiary/aromatic N) is 1. The zero-order valence-electron chi connectivity index (χ0n) is 16.4. The van der Waals surface area contributed by atoms with Crippen LogP contribution in [0.4, 0.5) is 0 Å². The van der Waals surface area contributed by atoms with Crippen molar-refractivity contribution in [2.75, 3.05) is 6.61 Å². The molecule has 1 atom stereocenters. The molecule has 0 aromatic heterocycles. The fourth-order valence-corrected chi connectivity index (χ4v) is 3.17. The highest BCUT2D eigenvalue weighted by molar-refractivity contribution is 6.35. The summed E-state index contributed by atoms with van der Waals surface area (Å²) in [5.74, 6) is -0.103. The third kappa shape index (κ3) is 7.11. The van der Waals surface area contributed by atoms with Crippen LogP contribution in [0.1, 0.15) is 26.3 Å². The lowest BCUT2D eigenvalue weighted by Crippen LogP contribution is -2.50. The van der Waals surface area contributed by atoms with Crippen molar-refractivity contribution in [2.45, 2.75) is 39.4 Å². The molecule has 0 aliphatic carbocycles. The molecule has 0 heterocycles. The average Bonchev–Trinajstić information content (AvgIpc) is 2.65. The van der Waals surface area contributed by atoms with Gasteiger partial charge in [0.25, 0.3) is 5.91 Å². The Balaban J connectivity index is 2.18. The van der Waals surface area contributed by atoms with E-state index in [1.165, 1.54) is 4.90 Å². The van der Waals surface area contributed by atoms with Crippen LogP contribution >= 0.6 is 34.8 Å². The molecule has 29 heavy (non-hydrogen) atoms. The maximum Gasteiger partial charge on any atom is 0.261 e. The highest BCUT2D eigenvalue weighted by Gasteiger charge is 2.27. The van der Waals surface area contributed by atoms with E-state index in [4.69, 9.17) is 39.5 Å². The van der Waals surface area contributed by atoms with E-state index in [9.17, 15) is 9.59 Å². The fourth-order valence-electron chi connectivity index (χ4n) is 2.58. The molecular weight excluding hydrogens is 435 g/mol. The predicted octanol–water partition coefficient (Wildman–Crippen LogP) is 4.97. The summed E-state index contributed by atoms with van der Waals surface area (Å²) in [6.07, 6.45) is 0. The number of hydrogen-bond donors (Lipinski definition) is 1. The molecule has 0 spiro atoms. The van der Waals surface area contributed by atoms with Crippen LogP contribution in [0.15, 0.2) is 42.5 Å². The number of hydrogen-bond acceptors (Lipinski definition) is 3. The first kappa shape index (κ1) is 23.3. The van der Waals surface area contributed by atoms with Crippen LogP contribution in [0.2, 0.25) is 15.1 Å². The van der Waals surface area contributed by atoms with Crippen molar-refractivity contribution in [2.24, 2.45) is 0 Å². The summed E-state index contributed by atoms with van der Waals surface area (Å²) in [6, 6.07) is 10.9. The lowest BCUT2D eigenvalue weighted by Gasteiger charge is -2.29. The Morgan fingerprint density at radius 2 is 1.62 bits per heavy atom. The summed E-state index contributed by atoms with van der Waals surface area (Å²) >= 11 is 18.1. The van der Waals surface area contributed by atoms with E-state index in [0.717, 1.165) is 0 Å². The molecule has 0 aliphatic heterocycles. The van der Waals surface area contributed by atoms with E-state index in [1.807, 2.05) is 13.8 Å². The third-order valence-electron chi connectivity index (χ3n) is 4.13. The number of amides is 2. The molecule has 8 heteroatoms. The van der Waals surface area contributed by atoms with Gasteiger partial charge in [0.15, 0.2) is 6.61 Å². The maximum absolute atomic E-state index is 12.9. The van der Waals surface area contributed by atoms with Crippen molar-refractivity contribution in [3.8, 4) is 5.75 Å². The number of carbonyl (C=O) groups is 2. The van der Waals surface area contributed by atoms with Gasteiger partial charge in [0, 0.05) is 27.7 Å². The minimum absolute atomic E-state index is 0.0497. The van der Waals surface area contributed by atoms with E-state index in [0.29, 0.717) is 26.4 Å². The minimum atomic E-state index is -0.717. The summed E-state index contributed by atoms with van der Waals surface area (Å²) in [6.45, 7) is 5.30. The SMILES string of the molecule is CC(C)NC(=O)[C@H](C)N(Cc1ccc(Cl)cc1Cl)C(=O)COc1ccc(Cl)cc1. The van der Waals surface area contributed by atoms with Gasteiger partial charge in [-0.15, -0.1) is 0 Å². The fraction of sp³-hybridized carbons (Fsp3) is 0.333. The summed E-state index contributed by atoms with van der Waals surface area (Å²) in [5.41, 5.74) is 0.681. The molecule has 0 saturated carbocycles. The predicted molar refractivity (Wildman–Crippen MR) is 117 cm³/mol. The van der Waals surface area contributed by atoms with Gasteiger partial charge in [-0.2, -0.15) is 0 Å². The average molecular weight is 458 g/mol. The Hall–Kier alpha value is -1.95. The van der Waals surface area contributed by atoms with Crippen molar-refractivity contribution in [1.82, 2.24) is 10.2 Å². The van der Waals surface area contributed by atoms with Crippen LogP contribution in [0.5, 0.6) is 5.75 Å². The molecule has 2 aromatic rings. The normalized spacial score (nSPS) is 11.8. The van der Waals surface area contributed by atoms with Gasteiger partial charge in [-0.1, -0.05) is 40.9 Å². The Bertz CT molecular complexity index is 857. The van der Waals surface area contributed by atoms with Gasteiger partial charge >= 0.3 is 0 Å². The lowest BCUT2D eigenvalue weighted by molar-refractivity contribution is -0.142. The first-order chi connectivity index (χ1) is 13.7. The topological polar surface area (TPSA) is 58.6 Å². The van der Waals surface area contributed by atoms with Crippen LogP contribution in [-0.4, -0.2) is 35.4 Å². The number of rotatable bonds is 8. The molecule has 0 bridgehead atoms. The van der Waals surface area contributed by atoms with Crippen molar-refractivity contribution in [3.05, 3.63) is 63.1 Å². The molecule has 2 rings (SSSR count). The monoisotopic (exact) mass is 456 g/mol. The first-order valence-electron chi connectivity index (χ1n) is 9.09. The highest BCUT2D eigenvalue weighted by Crippen LogP contribution is 2.23. The van der Waals surface area contributed by atoms with Gasteiger partial charge < -0.3 is 15.0 Å². The quantitative estimate of drug-likeness (QED) is 0.609. The summed E-state index contributed by atoms with van der Waals surface area (Å²) in [5, 5.41) is 4.31. The number of nitrogens with one attached hydrogen (secondary N) is 1. The van der Waals surface area contributed by atoms with Crippen LogP contribution < -0.4 is 10.1 Å². The molecule has 0 fully saturated rings. The zero-order chi connectivity index (χ0) is 21.6. The molecular formula is C21H23Cl3N2O3. The molecule has 0 radical (unpaired) electrons. The van der Waals surface area contributed by atoms with Crippen LogP contribution in [0, 0.1) is 0 Å². The molecule has 2 aromatic carbocycles. The van der Waals surface area contributed by atoms with Gasteiger partial charge in [-0.05, 0) is 62.7 Å². The second kappa shape index (κ2) is 10.7. The number of ether oxygens (including phenoxy) is 1.